The number of aliphatic carboxylic acids is 1. The van der Waals surface area contributed by atoms with E-state index in [1.165, 1.54) is 19.3 Å². The maximum atomic E-state index is 12.7. The van der Waals surface area contributed by atoms with Gasteiger partial charge in [-0.2, -0.15) is 0 Å². The van der Waals surface area contributed by atoms with E-state index in [0.29, 0.717) is 11.3 Å². The van der Waals surface area contributed by atoms with Crippen molar-refractivity contribution in [1.82, 2.24) is 5.32 Å². The lowest BCUT2D eigenvalue weighted by Gasteiger charge is -2.56. The number of hydrogen-bond acceptors (Lipinski definition) is 3. The van der Waals surface area contributed by atoms with Crippen molar-refractivity contribution in [2.24, 2.45) is 17.8 Å². The normalized spacial score (nSPS) is 33.2. The van der Waals surface area contributed by atoms with Crippen LogP contribution >= 0.6 is 0 Å². The average molecular weight is 329 g/mol. The van der Waals surface area contributed by atoms with Crippen molar-refractivity contribution < 1.29 is 19.4 Å². The first-order chi connectivity index (χ1) is 11.5. The minimum absolute atomic E-state index is 0.0240. The smallest absolute Gasteiger partial charge is 0.341 e. The van der Waals surface area contributed by atoms with Gasteiger partial charge in [0, 0.05) is 11.1 Å². The van der Waals surface area contributed by atoms with Crippen LogP contribution in [-0.2, 0) is 4.79 Å². The third-order valence-electron chi connectivity index (χ3n) is 5.88. The topological polar surface area (TPSA) is 75.6 Å². The fourth-order valence-electron chi connectivity index (χ4n) is 5.45. The van der Waals surface area contributed by atoms with Crippen molar-refractivity contribution >= 4 is 11.9 Å². The molecular weight excluding hydrogens is 306 g/mol. The highest BCUT2D eigenvalue weighted by Crippen LogP contribution is 2.55. The van der Waals surface area contributed by atoms with E-state index in [4.69, 9.17) is 9.84 Å². The van der Waals surface area contributed by atoms with Gasteiger partial charge in [-0.3, -0.25) is 4.79 Å². The molecule has 1 aromatic rings. The molecule has 4 aliphatic carbocycles. The molecule has 0 aromatic heterocycles. The zero-order valence-corrected chi connectivity index (χ0v) is 13.7. The molecule has 0 unspecified atom stereocenters. The number of hydrogen-bond donors (Lipinski definition) is 2. The number of amides is 1. The summed E-state index contributed by atoms with van der Waals surface area (Å²) in [4.78, 5) is 23.3. The Bertz CT molecular complexity index is 634. The van der Waals surface area contributed by atoms with Crippen LogP contribution in [0.4, 0.5) is 0 Å². The second-order valence-corrected chi connectivity index (χ2v) is 7.86. The number of nitrogens with one attached hydrogen (secondary N) is 1. The number of carbonyl (C=O) groups is 2. The van der Waals surface area contributed by atoms with Gasteiger partial charge in [-0.1, -0.05) is 6.07 Å². The average Bonchev–Trinajstić information content (AvgIpc) is 2.51. The lowest BCUT2D eigenvalue weighted by Crippen LogP contribution is -2.59. The second kappa shape index (κ2) is 5.80. The summed E-state index contributed by atoms with van der Waals surface area (Å²) in [6.45, 7) is -0.403. The molecule has 5 rings (SSSR count). The standard InChI is InChI=1S/C19H23NO4/c21-17(22)11-24-16-3-1-2-15(7-16)18(23)20-19-8-12-4-13(9-19)6-14(5-12)10-19/h1-3,7,12-14H,4-6,8-11H2,(H,20,23)(H,21,22). The number of carbonyl (C=O) groups excluding carboxylic acids is 1. The van der Waals surface area contributed by atoms with Crippen molar-refractivity contribution in [3.63, 3.8) is 0 Å². The molecule has 0 atom stereocenters. The van der Waals surface area contributed by atoms with Crippen LogP contribution in [0.25, 0.3) is 0 Å². The van der Waals surface area contributed by atoms with Gasteiger partial charge in [-0.25, -0.2) is 4.79 Å². The summed E-state index contributed by atoms with van der Waals surface area (Å²) < 4.78 is 5.17. The van der Waals surface area contributed by atoms with Gasteiger partial charge in [0.05, 0.1) is 0 Å². The number of carboxylic acids is 1. The Morgan fingerprint density at radius 2 is 1.75 bits per heavy atom. The number of benzene rings is 1. The fraction of sp³-hybridized carbons (Fsp3) is 0.579. The fourth-order valence-corrected chi connectivity index (χ4v) is 5.45. The molecule has 2 N–H and O–H groups in total. The zero-order chi connectivity index (χ0) is 16.7. The molecule has 0 heterocycles. The minimum Gasteiger partial charge on any atom is -0.482 e. The molecule has 5 heteroatoms. The second-order valence-electron chi connectivity index (χ2n) is 7.86. The highest BCUT2D eigenvalue weighted by atomic mass is 16.5. The van der Waals surface area contributed by atoms with E-state index in [2.05, 4.69) is 5.32 Å². The number of rotatable bonds is 5. The molecule has 0 spiro atoms. The van der Waals surface area contributed by atoms with Gasteiger partial charge < -0.3 is 15.2 Å². The molecule has 4 aliphatic rings. The molecule has 4 bridgehead atoms. The number of ether oxygens (including phenoxy) is 1. The van der Waals surface area contributed by atoms with Gasteiger partial charge >= 0.3 is 5.97 Å². The van der Waals surface area contributed by atoms with Crippen LogP contribution < -0.4 is 10.1 Å². The first-order valence-electron chi connectivity index (χ1n) is 8.78. The van der Waals surface area contributed by atoms with Crippen molar-refractivity contribution in [1.29, 1.82) is 0 Å². The molecule has 0 aliphatic heterocycles. The molecule has 4 saturated carbocycles. The largest absolute Gasteiger partial charge is 0.482 e. The van der Waals surface area contributed by atoms with Crippen LogP contribution in [0.3, 0.4) is 0 Å². The SMILES string of the molecule is O=C(O)COc1cccc(C(=O)NC23CC4CC(CC(C4)C2)C3)c1. The van der Waals surface area contributed by atoms with Crippen LogP contribution in [-0.4, -0.2) is 29.1 Å². The molecule has 0 saturated heterocycles. The minimum atomic E-state index is -1.03. The summed E-state index contributed by atoms with van der Waals surface area (Å²) in [5.41, 5.74) is 0.512. The summed E-state index contributed by atoms with van der Waals surface area (Å²) in [7, 11) is 0. The van der Waals surface area contributed by atoms with Crippen LogP contribution in [0.5, 0.6) is 5.75 Å². The van der Waals surface area contributed by atoms with E-state index in [1.807, 2.05) is 0 Å². The first kappa shape index (κ1) is 15.5. The van der Waals surface area contributed by atoms with E-state index in [1.54, 1.807) is 24.3 Å². The van der Waals surface area contributed by atoms with Gasteiger partial charge in [0.2, 0.25) is 0 Å². The Hall–Kier alpha value is -2.04. The van der Waals surface area contributed by atoms with Gasteiger partial charge in [-0.05, 0) is 74.5 Å². The Morgan fingerprint density at radius 1 is 1.12 bits per heavy atom. The lowest BCUT2D eigenvalue weighted by atomic mass is 9.53. The zero-order valence-electron chi connectivity index (χ0n) is 13.7. The van der Waals surface area contributed by atoms with E-state index in [-0.39, 0.29) is 11.4 Å². The quantitative estimate of drug-likeness (QED) is 0.871. The molecule has 5 nitrogen and oxygen atoms in total. The Kier molecular flexibility index (Phi) is 3.74. The van der Waals surface area contributed by atoms with Crippen LogP contribution in [0, 0.1) is 17.8 Å². The van der Waals surface area contributed by atoms with E-state index < -0.39 is 12.6 Å². The Labute approximate surface area is 141 Å². The maximum absolute atomic E-state index is 12.7. The lowest BCUT2D eigenvalue weighted by molar-refractivity contribution is -0.139. The summed E-state index contributed by atoms with van der Waals surface area (Å²) in [6, 6.07) is 6.78. The summed E-state index contributed by atoms with van der Waals surface area (Å²) in [5, 5.41) is 12.0. The molecule has 1 amide bonds. The molecule has 24 heavy (non-hydrogen) atoms. The van der Waals surface area contributed by atoms with E-state index in [0.717, 1.165) is 37.0 Å². The molecule has 0 radical (unpaired) electrons. The van der Waals surface area contributed by atoms with E-state index in [9.17, 15) is 9.59 Å². The molecule has 1 aromatic carbocycles. The Balaban J connectivity index is 1.46. The van der Waals surface area contributed by atoms with Crippen LogP contribution in [0.2, 0.25) is 0 Å². The van der Waals surface area contributed by atoms with Crippen LogP contribution in [0.1, 0.15) is 48.9 Å². The first-order valence-corrected chi connectivity index (χ1v) is 8.78. The molecular formula is C19H23NO4. The van der Waals surface area contributed by atoms with Crippen molar-refractivity contribution in [2.45, 2.75) is 44.1 Å². The van der Waals surface area contributed by atoms with Crippen molar-refractivity contribution in [2.75, 3.05) is 6.61 Å². The van der Waals surface area contributed by atoms with Crippen molar-refractivity contribution in [3.05, 3.63) is 29.8 Å². The highest BCUT2D eigenvalue weighted by molar-refractivity contribution is 5.95. The van der Waals surface area contributed by atoms with Gasteiger partial charge in [-0.15, -0.1) is 0 Å². The summed E-state index contributed by atoms with van der Waals surface area (Å²) in [5.74, 6) is 1.65. The summed E-state index contributed by atoms with van der Waals surface area (Å²) in [6.07, 6.45) is 7.36. The number of carboxylic acid groups (broad SMARTS) is 1. The Morgan fingerprint density at radius 3 is 2.33 bits per heavy atom. The monoisotopic (exact) mass is 329 g/mol. The van der Waals surface area contributed by atoms with Gasteiger partial charge in [0.1, 0.15) is 5.75 Å². The maximum Gasteiger partial charge on any atom is 0.341 e. The van der Waals surface area contributed by atoms with Crippen molar-refractivity contribution in [3.8, 4) is 5.75 Å². The molecule has 4 fully saturated rings. The predicted octanol–water partition coefficient (Wildman–Crippen LogP) is 2.85. The molecule has 128 valence electrons. The predicted molar refractivity (Wildman–Crippen MR) is 87.9 cm³/mol. The van der Waals surface area contributed by atoms with Gasteiger partial charge in [0.15, 0.2) is 6.61 Å². The van der Waals surface area contributed by atoms with E-state index >= 15 is 0 Å². The highest BCUT2D eigenvalue weighted by Gasteiger charge is 2.51. The third-order valence-corrected chi connectivity index (χ3v) is 5.88. The van der Waals surface area contributed by atoms with Crippen LogP contribution in [0.15, 0.2) is 24.3 Å². The summed E-state index contributed by atoms with van der Waals surface area (Å²) >= 11 is 0. The third kappa shape index (κ3) is 2.99. The van der Waals surface area contributed by atoms with Gasteiger partial charge in [0.25, 0.3) is 5.91 Å².